The minimum absolute atomic E-state index is 0.387. The van der Waals surface area contributed by atoms with Crippen molar-refractivity contribution in [3.8, 4) is 5.75 Å². The van der Waals surface area contributed by atoms with E-state index in [0.29, 0.717) is 24.5 Å². The zero-order valence-corrected chi connectivity index (χ0v) is 12.6. The van der Waals surface area contributed by atoms with E-state index in [4.69, 9.17) is 14.2 Å². The molecule has 0 aliphatic heterocycles. The molecular weight excluding hydrogens is 258 g/mol. The van der Waals surface area contributed by atoms with Crippen molar-refractivity contribution >= 4 is 11.7 Å². The molecule has 5 nitrogen and oxygen atoms in total. The summed E-state index contributed by atoms with van der Waals surface area (Å²) in [6.07, 6.45) is 1.80. The van der Waals surface area contributed by atoms with Gasteiger partial charge in [-0.3, -0.25) is 0 Å². The zero-order chi connectivity index (χ0) is 15.0. The van der Waals surface area contributed by atoms with Crippen LogP contribution in [0.3, 0.4) is 0 Å². The number of methoxy groups -OCH3 is 2. The van der Waals surface area contributed by atoms with E-state index in [9.17, 15) is 4.79 Å². The van der Waals surface area contributed by atoms with Crippen LogP contribution in [0.4, 0.5) is 5.69 Å². The van der Waals surface area contributed by atoms with Crippen LogP contribution >= 0.6 is 0 Å². The smallest absolute Gasteiger partial charge is 0.341 e. The molecule has 0 radical (unpaired) electrons. The first kappa shape index (κ1) is 16.3. The van der Waals surface area contributed by atoms with E-state index in [1.807, 2.05) is 31.1 Å². The Morgan fingerprint density at radius 1 is 1.15 bits per heavy atom. The predicted molar refractivity (Wildman–Crippen MR) is 78.7 cm³/mol. The second kappa shape index (κ2) is 8.43. The first-order valence-electron chi connectivity index (χ1n) is 6.61. The van der Waals surface area contributed by atoms with E-state index in [0.717, 1.165) is 18.5 Å². The van der Waals surface area contributed by atoms with Gasteiger partial charge in [-0.15, -0.1) is 0 Å². The number of carbonyl (C=O) groups excluding carboxylic acids is 1. The van der Waals surface area contributed by atoms with Crippen molar-refractivity contribution in [1.29, 1.82) is 0 Å². The van der Waals surface area contributed by atoms with Gasteiger partial charge in [0.05, 0.1) is 13.7 Å². The van der Waals surface area contributed by atoms with Crippen molar-refractivity contribution in [2.24, 2.45) is 0 Å². The van der Waals surface area contributed by atoms with Crippen molar-refractivity contribution in [3.63, 3.8) is 0 Å². The molecule has 0 spiro atoms. The zero-order valence-electron chi connectivity index (χ0n) is 12.6. The van der Waals surface area contributed by atoms with E-state index in [1.54, 1.807) is 13.2 Å². The van der Waals surface area contributed by atoms with E-state index in [-0.39, 0.29) is 5.97 Å². The number of hydrogen-bond donors (Lipinski definition) is 0. The summed E-state index contributed by atoms with van der Waals surface area (Å²) < 4.78 is 15.5. The van der Waals surface area contributed by atoms with Crippen LogP contribution < -0.4 is 9.64 Å². The molecule has 0 saturated heterocycles. The van der Waals surface area contributed by atoms with Gasteiger partial charge in [0.15, 0.2) is 0 Å². The second-order valence-electron chi connectivity index (χ2n) is 4.61. The van der Waals surface area contributed by atoms with Crippen LogP contribution in [0, 0.1) is 0 Å². The minimum atomic E-state index is -0.387. The lowest BCUT2D eigenvalue weighted by Gasteiger charge is -2.16. The molecule has 1 aromatic rings. The molecule has 0 N–H and O–H groups in total. The maximum absolute atomic E-state index is 11.7. The van der Waals surface area contributed by atoms with Gasteiger partial charge in [0.25, 0.3) is 0 Å². The van der Waals surface area contributed by atoms with Crippen LogP contribution in [-0.4, -0.2) is 47.5 Å². The van der Waals surface area contributed by atoms with Gasteiger partial charge in [0.1, 0.15) is 11.3 Å². The second-order valence-corrected chi connectivity index (χ2v) is 4.61. The molecule has 1 aromatic carbocycles. The number of rotatable bonds is 8. The fourth-order valence-corrected chi connectivity index (χ4v) is 1.72. The molecule has 5 heteroatoms. The highest BCUT2D eigenvalue weighted by molar-refractivity contribution is 5.93. The van der Waals surface area contributed by atoms with Gasteiger partial charge >= 0.3 is 5.97 Å². The van der Waals surface area contributed by atoms with Crippen LogP contribution in [0.25, 0.3) is 0 Å². The number of carbonyl (C=O) groups is 1. The van der Waals surface area contributed by atoms with Crippen LogP contribution in [0.5, 0.6) is 5.75 Å². The summed E-state index contributed by atoms with van der Waals surface area (Å²) in [6, 6.07) is 5.44. The van der Waals surface area contributed by atoms with Gasteiger partial charge in [-0.1, -0.05) is 0 Å². The van der Waals surface area contributed by atoms with Gasteiger partial charge in [-0.2, -0.15) is 0 Å². The molecule has 0 aromatic heterocycles. The molecule has 0 aliphatic carbocycles. The molecule has 0 saturated carbocycles. The molecule has 0 amide bonds. The molecule has 0 atom stereocenters. The van der Waals surface area contributed by atoms with E-state index >= 15 is 0 Å². The monoisotopic (exact) mass is 281 g/mol. The Kier molecular flexibility index (Phi) is 6.87. The fourth-order valence-electron chi connectivity index (χ4n) is 1.72. The lowest BCUT2D eigenvalue weighted by Crippen LogP contribution is -2.11. The van der Waals surface area contributed by atoms with Crippen LogP contribution in [0.2, 0.25) is 0 Å². The molecule has 0 bridgehead atoms. The number of esters is 1. The van der Waals surface area contributed by atoms with Crippen molar-refractivity contribution in [2.45, 2.75) is 12.8 Å². The summed E-state index contributed by atoms with van der Waals surface area (Å²) in [5.74, 6) is 0.169. The van der Waals surface area contributed by atoms with Crippen molar-refractivity contribution < 1.29 is 19.0 Å². The van der Waals surface area contributed by atoms with E-state index in [1.165, 1.54) is 7.11 Å². The minimum Gasteiger partial charge on any atom is -0.493 e. The van der Waals surface area contributed by atoms with Crippen LogP contribution in [0.1, 0.15) is 23.2 Å². The molecule has 0 fully saturated rings. The molecule has 20 heavy (non-hydrogen) atoms. The summed E-state index contributed by atoms with van der Waals surface area (Å²) in [6.45, 7) is 1.26. The number of hydrogen-bond acceptors (Lipinski definition) is 5. The number of benzene rings is 1. The summed E-state index contributed by atoms with van der Waals surface area (Å²) in [5.41, 5.74) is 1.43. The Hall–Kier alpha value is -1.75. The summed E-state index contributed by atoms with van der Waals surface area (Å²) in [7, 11) is 6.92. The van der Waals surface area contributed by atoms with E-state index in [2.05, 4.69) is 0 Å². The van der Waals surface area contributed by atoms with Gasteiger partial charge in [0, 0.05) is 39.6 Å². The largest absolute Gasteiger partial charge is 0.493 e. The summed E-state index contributed by atoms with van der Waals surface area (Å²) in [4.78, 5) is 13.7. The fraction of sp³-hybridized carbons (Fsp3) is 0.533. The van der Waals surface area contributed by atoms with Crippen LogP contribution in [0.15, 0.2) is 18.2 Å². The van der Waals surface area contributed by atoms with Crippen LogP contribution in [-0.2, 0) is 9.47 Å². The highest BCUT2D eigenvalue weighted by atomic mass is 16.5. The van der Waals surface area contributed by atoms with Gasteiger partial charge in [0.2, 0.25) is 0 Å². The normalized spacial score (nSPS) is 10.2. The highest BCUT2D eigenvalue weighted by Crippen LogP contribution is 2.25. The van der Waals surface area contributed by atoms with Crippen molar-refractivity contribution in [1.82, 2.24) is 0 Å². The summed E-state index contributed by atoms with van der Waals surface area (Å²) in [5, 5.41) is 0. The lowest BCUT2D eigenvalue weighted by molar-refractivity contribution is 0.0596. The third kappa shape index (κ3) is 4.74. The van der Waals surface area contributed by atoms with Crippen molar-refractivity contribution in [2.75, 3.05) is 46.4 Å². The first-order valence-corrected chi connectivity index (χ1v) is 6.61. The number of unbranched alkanes of at least 4 members (excludes halogenated alkanes) is 1. The number of ether oxygens (including phenoxy) is 3. The molecule has 112 valence electrons. The van der Waals surface area contributed by atoms with E-state index < -0.39 is 0 Å². The Labute approximate surface area is 120 Å². The maximum Gasteiger partial charge on any atom is 0.341 e. The summed E-state index contributed by atoms with van der Waals surface area (Å²) >= 11 is 0. The van der Waals surface area contributed by atoms with Gasteiger partial charge < -0.3 is 19.1 Å². The molecular formula is C15H23NO4. The van der Waals surface area contributed by atoms with Gasteiger partial charge in [-0.05, 0) is 25.0 Å². The standard InChI is InChI=1S/C15H23NO4/c1-16(2)12-7-8-13(15(17)19-4)14(11-12)20-10-6-5-9-18-3/h7-8,11H,5-6,9-10H2,1-4H3. The third-order valence-electron chi connectivity index (χ3n) is 2.89. The molecule has 0 unspecified atom stereocenters. The number of anilines is 1. The third-order valence-corrected chi connectivity index (χ3v) is 2.89. The SMILES string of the molecule is COCCCCOc1cc(N(C)C)ccc1C(=O)OC. The first-order chi connectivity index (χ1) is 9.60. The molecule has 0 heterocycles. The maximum atomic E-state index is 11.7. The molecule has 0 aliphatic rings. The number of nitrogens with zero attached hydrogens (tertiary/aromatic N) is 1. The Morgan fingerprint density at radius 3 is 2.45 bits per heavy atom. The Morgan fingerprint density at radius 2 is 1.85 bits per heavy atom. The Bertz CT molecular complexity index is 432. The van der Waals surface area contributed by atoms with Gasteiger partial charge in [-0.25, -0.2) is 4.79 Å². The topological polar surface area (TPSA) is 48.0 Å². The lowest BCUT2D eigenvalue weighted by atomic mass is 10.1. The molecule has 1 rings (SSSR count). The predicted octanol–water partition coefficient (Wildman–Crippen LogP) is 2.34. The average molecular weight is 281 g/mol. The van der Waals surface area contributed by atoms with Crippen molar-refractivity contribution in [3.05, 3.63) is 23.8 Å². The average Bonchev–Trinajstić information content (AvgIpc) is 2.46. The highest BCUT2D eigenvalue weighted by Gasteiger charge is 2.14. The Balaban J connectivity index is 2.77. The quantitative estimate of drug-likeness (QED) is 0.541.